The van der Waals surface area contributed by atoms with Gasteiger partial charge in [-0.3, -0.25) is 9.58 Å². The molecule has 3 rings (SSSR count). The second-order valence-electron chi connectivity index (χ2n) is 5.25. The Labute approximate surface area is 126 Å². The smallest absolute Gasteiger partial charge is 0.0991 e. The number of hydrogen-bond acceptors (Lipinski definition) is 3. The van der Waals surface area contributed by atoms with E-state index in [1.807, 2.05) is 41.3 Å². The molecule has 0 bridgehead atoms. The Bertz CT molecular complexity index is 620. The Hall–Kier alpha value is -1.64. The van der Waals surface area contributed by atoms with Crippen molar-refractivity contribution in [2.75, 3.05) is 13.1 Å². The van der Waals surface area contributed by atoms with Crippen molar-refractivity contribution in [2.24, 2.45) is 5.92 Å². The molecular weight excluding hydrogens is 316 g/mol. The van der Waals surface area contributed by atoms with Gasteiger partial charge in [-0.1, -0.05) is 12.1 Å². The van der Waals surface area contributed by atoms with Gasteiger partial charge in [0.25, 0.3) is 0 Å². The van der Waals surface area contributed by atoms with E-state index in [4.69, 9.17) is 5.26 Å². The summed E-state index contributed by atoms with van der Waals surface area (Å²) in [5.41, 5.74) is 1.99. The van der Waals surface area contributed by atoms with Crippen LogP contribution in [-0.4, -0.2) is 27.8 Å². The van der Waals surface area contributed by atoms with Crippen molar-refractivity contribution in [3.8, 4) is 6.07 Å². The summed E-state index contributed by atoms with van der Waals surface area (Å²) < 4.78 is 3.03. The van der Waals surface area contributed by atoms with Crippen LogP contribution in [0.15, 0.2) is 41.1 Å². The maximum Gasteiger partial charge on any atom is 0.0991 e. The molecule has 1 fully saturated rings. The minimum atomic E-state index is 0.681. The highest BCUT2D eigenvalue weighted by Gasteiger charge is 2.26. The molecule has 0 amide bonds. The third kappa shape index (κ3) is 3.09. The molecule has 102 valence electrons. The monoisotopic (exact) mass is 330 g/mol. The first-order valence-corrected chi connectivity index (χ1v) is 7.41. The van der Waals surface area contributed by atoms with Gasteiger partial charge in [-0.25, -0.2) is 0 Å². The summed E-state index contributed by atoms with van der Waals surface area (Å²) >= 11 is 3.41. The van der Waals surface area contributed by atoms with Gasteiger partial charge in [-0.2, -0.15) is 10.4 Å². The molecule has 0 unspecified atom stereocenters. The van der Waals surface area contributed by atoms with Crippen molar-refractivity contribution >= 4 is 15.9 Å². The minimum absolute atomic E-state index is 0.681. The number of benzene rings is 1. The average molecular weight is 331 g/mol. The van der Waals surface area contributed by atoms with Gasteiger partial charge in [0.15, 0.2) is 0 Å². The quantitative estimate of drug-likeness (QED) is 0.865. The van der Waals surface area contributed by atoms with E-state index >= 15 is 0 Å². The minimum Gasteiger partial charge on any atom is -0.298 e. The van der Waals surface area contributed by atoms with Gasteiger partial charge < -0.3 is 0 Å². The topological polar surface area (TPSA) is 44.9 Å². The van der Waals surface area contributed by atoms with Gasteiger partial charge in [0.2, 0.25) is 0 Å². The van der Waals surface area contributed by atoms with Gasteiger partial charge in [-0.05, 0) is 33.6 Å². The zero-order chi connectivity index (χ0) is 13.9. The van der Waals surface area contributed by atoms with Crippen LogP contribution in [0.1, 0.15) is 11.1 Å². The molecule has 0 radical (unpaired) electrons. The molecule has 0 atom stereocenters. The Morgan fingerprint density at radius 2 is 2.05 bits per heavy atom. The molecule has 20 heavy (non-hydrogen) atoms. The zero-order valence-corrected chi connectivity index (χ0v) is 12.6. The van der Waals surface area contributed by atoms with E-state index in [-0.39, 0.29) is 0 Å². The molecule has 1 aromatic heterocycles. The first-order valence-electron chi connectivity index (χ1n) is 6.62. The molecule has 0 saturated carbocycles. The summed E-state index contributed by atoms with van der Waals surface area (Å²) in [7, 11) is 0. The van der Waals surface area contributed by atoms with E-state index in [0.29, 0.717) is 5.92 Å². The SMILES string of the molecule is N#Cc1ccc(CN2CC(Cn3cc(Br)cn3)C2)cc1. The predicted molar refractivity (Wildman–Crippen MR) is 79.9 cm³/mol. The molecule has 1 aromatic carbocycles. The fourth-order valence-corrected chi connectivity index (χ4v) is 2.89. The van der Waals surface area contributed by atoms with Crippen LogP contribution in [0.2, 0.25) is 0 Å². The first-order chi connectivity index (χ1) is 9.72. The number of likely N-dealkylation sites (tertiary alicyclic amines) is 1. The van der Waals surface area contributed by atoms with E-state index in [1.165, 1.54) is 5.56 Å². The number of hydrogen-bond donors (Lipinski definition) is 0. The maximum absolute atomic E-state index is 8.77. The standard InChI is InChI=1S/C15H15BrN4/c16-15-6-18-20(11-15)10-14-8-19(9-14)7-13-3-1-12(5-17)2-4-13/h1-4,6,11,14H,7-10H2. The largest absolute Gasteiger partial charge is 0.298 e. The van der Waals surface area contributed by atoms with Crippen LogP contribution in [0.5, 0.6) is 0 Å². The fourth-order valence-electron chi connectivity index (χ4n) is 2.57. The highest BCUT2D eigenvalue weighted by molar-refractivity contribution is 9.10. The summed E-state index contributed by atoms with van der Waals surface area (Å²) in [5.74, 6) is 0.681. The van der Waals surface area contributed by atoms with Gasteiger partial charge in [0, 0.05) is 38.3 Å². The Morgan fingerprint density at radius 1 is 1.30 bits per heavy atom. The highest BCUT2D eigenvalue weighted by Crippen LogP contribution is 2.21. The zero-order valence-electron chi connectivity index (χ0n) is 11.0. The molecule has 5 heteroatoms. The van der Waals surface area contributed by atoms with E-state index in [1.54, 1.807) is 0 Å². The van der Waals surface area contributed by atoms with Crippen molar-refractivity contribution < 1.29 is 0 Å². The Kier molecular flexibility index (Phi) is 3.86. The summed E-state index contributed by atoms with van der Waals surface area (Å²) in [6.07, 6.45) is 3.84. The third-order valence-corrected chi connectivity index (χ3v) is 3.98. The summed E-state index contributed by atoms with van der Waals surface area (Å²) in [6.45, 7) is 4.16. The van der Waals surface area contributed by atoms with Crippen molar-refractivity contribution in [1.82, 2.24) is 14.7 Å². The summed E-state index contributed by atoms with van der Waals surface area (Å²) in [5, 5.41) is 13.1. The average Bonchev–Trinajstić information content (AvgIpc) is 2.82. The fraction of sp³-hybridized carbons (Fsp3) is 0.333. The van der Waals surface area contributed by atoms with Crippen LogP contribution >= 0.6 is 15.9 Å². The van der Waals surface area contributed by atoms with Gasteiger partial charge in [-0.15, -0.1) is 0 Å². The van der Waals surface area contributed by atoms with Crippen LogP contribution in [-0.2, 0) is 13.1 Å². The van der Waals surface area contributed by atoms with Crippen LogP contribution in [0.3, 0.4) is 0 Å². The molecule has 1 saturated heterocycles. The molecule has 2 heterocycles. The maximum atomic E-state index is 8.77. The van der Waals surface area contributed by atoms with E-state index in [9.17, 15) is 0 Å². The Morgan fingerprint density at radius 3 is 2.65 bits per heavy atom. The van der Waals surface area contributed by atoms with Crippen molar-refractivity contribution in [2.45, 2.75) is 13.1 Å². The second kappa shape index (κ2) is 5.78. The van der Waals surface area contributed by atoms with Crippen LogP contribution in [0, 0.1) is 17.2 Å². The van der Waals surface area contributed by atoms with Gasteiger partial charge in [0.05, 0.1) is 22.3 Å². The lowest BCUT2D eigenvalue weighted by molar-refractivity contribution is 0.0778. The first kappa shape index (κ1) is 13.3. The molecular formula is C15H15BrN4. The number of aromatic nitrogens is 2. The number of nitrogens with zero attached hydrogens (tertiary/aromatic N) is 4. The van der Waals surface area contributed by atoms with Crippen molar-refractivity contribution in [3.05, 3.63) is 52.3 Å². The van der Waals surface area contributed by atoms with Crippen LogP contribution in [0.25, 0.3) is 0 Å². The molecule has 0 spiro atoms. The molecule has 1 aliphatic rings. The number of nitriles is 1. The molecule has 1 aliphatic heterocycles. The predicted octanol–water partition coefficient (Wildman–Crippen LogP) is 2.65. The third-order valence-electron chi connectivity index (χ3n) is 3.57. The van der Waals surface area contributed by atoms with Gasteiger partial charge >= 0.3 is 0 Å². The van der Waals surface area contributed by atoms with Crippen molar-refractivity contribution in [3.63, 3.8) is 0 Å². The molecule has 4 nitrogen and oxygen atoms in total. The lowest BCUT2D eigenvalue weighted by Gasteiger charge is -2.39. The molecule has 0 N–H and O–H groups in total. The summed E-state index contributed by atoms with van der Waals surface area (Å²) in [4.78, 5) is 2.42. The van der Waals surface area contributed by atoms with E-state index < -0.39 is 0 Å². The number of halogens is 1. The van der Waals surface area contributed by atoms with E-state index in [2.05, 4.69) is 32.0 Å². The lowest BCUT2D eigenvalue weighted by Crippen LogP contribution is -2.47. The lowest BCUT2D eigenvalue weighted by atomic mass is 9.99. The van der Waals surface area contributed by atoms with E-state index in [0.717, 1.165) is 36.2 Å². The van der Waals surface area contributed by atoms with Gasteiger partial charge in [0.1, 0.15) is 0 Å². The number of rotatable bonds is 4. The molecule has 0 aliphatic carbocycles. The second-order valence-corrected chi connectivity index (χ2v) is 6.17. The summed E-state index contributed by atoms with van der Waals surface area (Å²) in [6, 6.07) is 9.99. The van der Waals surface area contributed by atoms with Crippen molar-refractivity contribution in [1.29, 1.82) is 5.26 Å². The Balaban J connectivity index is 1.47. The normalized spacial score (nSPS) is 15.8. The van der Waals surface area contributed by atoms with Crippen LogP contribution < -0.4 is 0 Å². The highest BCUT2D eigenvalue weighted by atomic mass is 79.9. The van der Waals surface area contributed by atoms with Crippen LogP contribution in [0.4, 0.5) is 0 Å². The molecule has 2 aromatic rings.